The molecule has 148 valence electrons. The van der Waals surface area contributed by atoms with E-state index in [0.717, 1.165) is 23.6 Å². The Kier molecular flexibility index (Phi) is 5.07. The van der Waals surface area contributed by atoms with E-state index in [9.17, 15) is 18.0 Å². The molecule has 1 saturated carbocycles. The van der Waals surface area contributed by atoms with Crippen molar-refractivity contribution in [2.45, 2.75) is 17.7 Å². The van der Waals surface area contributed by atoms with E-state index in [-0.39, 0.29) is 55.5 Å². The smallest absolute Gasteiger partial charge is 0.309 e. The number of benzene rings is 2. The zero-order valence-electron chi connectivity index (χ0n) is 15.4. The molecule has 1 amide bonds. The van der Waals surface area contributed by atoms with Gasteiger partial charge in [-0.05, 0) is 35.7 Å². The third-order valence-corrected chi connectivity index (χ3v) is 7.09. The van der Waals surface area contributed by atoms with E-state index < -0.39 is 10.0 Å². The highest BCUT2D eigenvalue weighted by Crippen LogP contribution is 2.30. The lowest BCUT2D eigenvalue weighted by Crippen LogP contribution is -2.51. The fraction of sp³-hybridized carbons (Fsp3) is 0.400. The molecular formula is C20H22N2O5S. The number of piperazine rings is 1. The monoisotopic (exact) mass is 402 g/mol. The van der Waals surface area contributed by atoms with Crippen LogP contribution in [0.3, 0.4) is 0 Å². The lowest BCUT2D eigenvalue weighted by molar-refractivity contribution is -0.153. The second-order valence-corrected chi connectivity index (χ2v) is 9.11. The van der Waals surface area contributed by atoms with Gasteiger partial charge in [0.15, 0.2) is 6.61 Å². The van der Waals surface area contributed by atoms with Gasteiger partial charge in [0.1, 0.15) is 0 Å². The Morgan fingerprint density at radius 3 is 2.32 bits per heavy atom. The second kappa shape index (κ2) is 7.52. The minimum atomic E-state index is -3.62. The van der Waals surface area contributed by atoms with Crippen LogP contribution in [0.15, 0.2) is 47.4 Å². The van der Waals surface area contributed by atoms with Gasteiger partial charge in [-0.15, -0.1) is 0 Å². The normalized spacial score (nSPS) is 18.2. The van der Waals surface area contributed by atoms with Crippen LogP contribution in [0.4, 0.5) is 0 Å². The molecule has 2 aromatic rings. The maximum absolute atomic E-state index is 13.0. The van der Waals surface area contributed by atoms with E-state index in [0.29, 0.717) is 0 Å². The molecule has 1 aliphatic carbocycles. The molecule has 0 aromatic heterocycles. The van der Waals surface area contributed by atoms with Crippen LogP contribution in [-0.4, -0.2) is 62.3 Å². The van der Waals surface area contributed by atoms with E-state index in [2.05, 4.69) is 0 Å². The number of ether oxygens (including phenoxy) is 1. The number of fused-ring (bicyclic) bond motifs is 1. The van der Waals surface area contributed by atoms with Crippen molar-refractivity contribution in [1.82, 2.24) is 9.21 Å². The summed E-state index contributed by atoms with van der Waals surface area (Å²) in [5.41, 5.74) is 0. The zero-order valence-corrected chi connectivity index (χ0v) is 16.2. The van der Waals surface area contributed by atoms with Crippen molar-refractivity contribution in [3.8, 4) is 0 Å². The Morgan fingerprint density at radius 1 is 0.964 bits per heavy atom. The number of sulfonamides is 1. The highest BCUT2D eigenvalue weighted by atomic mass is 32.2. The lowest BCUT2D eigenvalue weighted by Gasteiger charge is -2.33. The first kappa shape index (κ1) is 18.9. The van der Waals surface area contributed by atoms with Gasteiger partial charge in [0.05, 0.1) is 10.8 Å². The molecule has 0 spiro atoms. The summed E-state index contributed by atoms with van der Waals surface area (Å²) in [5.74, 6) is -0.639. The summed E-state index contributed by atoms with van der Waals surface area (Å²) < 4.78 is 32.3. The van der Waals surface area contributed by atoms with Crippen molar-refractivity contribution in [1.29, 1.82) is 0 Å². The van der Waals surface area contributed by atoms with Crippen LogP contribution in [0, 0.1) is 5.92 Å². The van der Waals surface area contributed by atoms with Gasteiger partial charge in [-0.2, -0.15) is 4.31 Å². The van der Waals surface area contributed by atoms with Gasteiger partial charge < -0.3 is 9.64 Å². The molecule has 0 radical (unpaired) electrons. The summed E-state index contributed by atoms with van der Waals surface area (Å²) in [5, 5.41) is 1.85. The lowest BCUT2D eigenvalue weighted by atomic mass is 10.1. The van der Waals surface area contributed by atoms with E-state index in [1.54, 1.807) is 23.1 Å². The molecule has 0 atom stereocenters. The van der Waals surface area contributed by atoms with Gasteiger partial charge >= 0.3 is 5.97 Å². The topological polar surface area (TPSA) is 84.0 Å². The van der Waals surface area contributed by atoms with E-state index in [4.69, 9.17) is 4.74 Å². The molecule has 28 heavy (non-hydrogen) atoms. The average Bonchev–Trinajstić information content (AvgIpc) is 3.57. The van der Waals surface area contributed by atoms with Crippen molar-refractivity contribution in [3.63, 3.8) is 0 Å². The van der Waals surface area contributed by atoms with Crippen molar-refractivity contribution in [2.24, 2.45) is 5.92 Å². The largest absolute Gasteiger partial charge is 0.455 e. The molecule has 2 aromatic carbocycles. The summed E-state index contributed by atoms with van der Waals surface area (Å²) in [6.45, 7) is 0.737. The van der Waals surface area contributed by atoms with Gasteiger partial charge in [0.2, 0.25) is 10.0 Å². The van der Waals surface area contributed by atoms with E-state index in [1.807, 2.05) is 24.3 Å². The zero-order chi connectivity index (χ0) is 19.7. The fourth-order valence-electron chi connectivity index (χ4n) is 3.32. The molecular weight excluding hydrogens is 380 g/mol. The number of nitrogens with zero attached hydrogens (tertiary/aromatic N) is 2. The first-order chi connectivity index (χ1) is 13.4. The van der Waals surface area contributed by atoms with Crippen LogP contribution in [0.1, 0.15) is 12.8 Å². The second-order valence-electron chi connectivity index (χ2n) is 7.18. The summed E-state index contributed by atoms with van der Waals surface area (Å²) in [4.78, 5) is 25.5. The van der Waals surface area contributed by atoms with Crippen LogP contribution in [-0.2, 0) is 24.3 Å². The van der Waals surface area contributed by atoms with Crippen LogP contribution in [0.2, 0.25) is 0 Å². The summed E-state index contributed by atoms with van der Waals surface area (Å²) in [6.07, 6.45) is 1.66. The molecule has 0 bridgehead atoms. The molecule has 8 heteroatoms. The van der Waals surface area contributed by atoms with Crippen molar-refractivity contribution in [3.05, 3.63) is 42.5 Å². The van der Waals surface area contributed by atoms with Crippen LogP contribution in [0.5, 0.6) is 0 Å². The molecule has 4 rings (SSSR count). The summed E-state index contributed by atoms with van der Waals surface area (Å²) in [6, 6.07) is 12.7. The van der Waals surface area contributed by atoms with Gasteiger partial charge in [-0.3, -0.25) is 9.59 Å². The van der Waals surface area contributed by atoms with E-state index >= 15 is 0 Å². The fourth-order valence-corrected chi connectivity index (χ4v) is 4.77. The number of hydrogen-bond donors (Lipinski definition) is 0. The van der Waals surface area contributed by atoms with Crippen LogP contribution >= 0.6 is 0 Å². The standard InChI is InChI=1S/C20H22N2O5S/c23-19(14-27-20(24)16-5-6-16)21-9-11-22(12-10-21)28(25,26)18-8-7-15-3-1-2-4-17(15)13-18/h1-4,7-8,13,16H,5-6,9-12,14H2. The third-order valence-electron chi connectivity index (χ3n) is 5.20. The average molecular weight is 402 g/mol. The Labute approximate surface area is 163 Å². The predicted octanol–water partition coefficient (Wildman–Crippen LogP) is 1.63. The predicted molar refractivity (Wildman–Crippen MR) is 103 cm³/mol. The number of esters is 1. The number of amides is 1. The first-order valence-corrected chi connectivity index (χ1v) is 10.8. The molecule has 0 unspecified atom stereocenters. The maximum atomic E-state index is 13.0. The highest BCUT2D eigenvalue weighted by molar-refractivity contribution is 7.89. The molecule has 2 aliphatic rings. The SMILES string of the molecule is O=C(OCC(=O)N1CCN(S(=O)(=O)c2ccc3ccccc3c2)CC1)C1CC1. The summed E-state index contributed by atoms with van der Waals surface area (Å²) >= 11 is 0. The first-order valence-electron chi connectivity index (χ1n) is 9.38. The van der Waals surface area contributed by atoms with Gasteiger partial charge in [-0.1, -0.05) is 30.3 Å². The number of rotatable bonds is 5. The van der Waals surface area contributed by atoms with Crippen LogP contribution in [0.25, 0.3) is 10.8 Å². The maximum Gasteiger partial charge on any atom is 0.309 e. The molecule has 1 heterocycles. The molecule has 1 saturated heterocycles. The van der Waals surface area contributed by atoms with Gasteiger partial charge in [-0.25, -0.2) is 8.42 Å². The number of carbonyl (C=O) groups excluding carboxylic acids is 2. The minimum absolute atomic E-state index is 0.0447. The Bertz CT molecular complexity index is 1010. The Balaban J connectivity index is 1.37. The molecule has 1 aliphatic heterocycles. The highest BCUT2D eigenvalue weighted by Gasteiger charge is 2.33. The van der Waals surface area contributed by atoms with Gasteiger partial charge in [0, 0.05) is 26.2 Å². The number of carbonyl (C=O) groups is 2. The van der Waals surface area contributed by atoms with Crippen molar-refractivity contribution in [2.75, 3.05) is 32.8 Å². The minimum Gasteiger partial charge on any atom is -0.455 e. The van der Waals surface area contributed by atoms with Gasteiger partial charge in [0.25, 0.3) is 5.91 Å². The Hall–Kier alpha value is -2.45. The third kappa shape index (κ3) is 3.88. The molecule has 0 N–H and O–H groups in total. The molecule has 2 fully saturated rings. The van der Waals surface area contributed by atoms with Crippen molar-refractivity contribution >= 4 is 32.7 Å². The quantitative estimate of drug-likeness (QED) is 0.710. The van der Waals surface area contributed by atoms with Crippen LogP contribution < -0.4 is 0 Å². The van der Waals surface area contributed by atoms with E-state index in [1.165, 1.54) is 4.31 Å². The Morgan fingerprint density at radius 2 is 1.64 bits per heavy atom. The van der Waals surface area contributed by atoms with Crippen molar-refractivity contribution < 1.29 is 22.7 Å². The number of hydrogen-bond acceptors (Lipinski definition) is 5. The molecule has 7 nitrogen and oxygen atoms in total. The summed E-state index contributed by atoms with van der Waals surface area (Å²) in [7, 11) is -3.62.